The van der Waals surface area contributed by atoms with Gasteiger partial charge in [-0.1, -0.05) is 29.3 Å². The van der Waals surface area contributed by atoms with E-state index in [2.05, 4.69) is 31.1 Å². The van der Waals surface area contributed by atoms with Gasteiger partial charge in [0.15, 0.2) is 5.75 Å². The first-order chi connectivity index (χ1) is 9.35. The SMILES string of the molecule is CC(C)(C)NCc1coc(Oc2cccc(Cl)c2Cl)n1. The minimum absolute atomic E-state index is 0.0102. The standard InChI is InChI=1S/C14H16Cl2N2O2/c1-14(2,3)17-7-9-8-19-13(18-9)20-11-6-4-5-10(15)12(11)16/h4-6,8,17H,7H2,1-3H3. The number of ether oxygens (including phenoxy) is 1. The first kappa shape index (κ1) is 15.2. The third-order valence-electron chi connectivity index (χ3n) is 2.44. The van der Waals surface area contributed by atoms with E-state index in [9.17, 15) is 0 Å². The highest BCUT2D eigenvalue weighted by Crippen LogP contribution is 2.34. The lowest BCUT2D eigenvalue weighted by molar-refractivity contribution is 0.331. The predicted molar refractivity (Wildman–Crippen MR) is 79.6 cm³/mol. The Kier molecular flexibility index (Phi) is 4.58. The zero-order valence-electron chi connectivity index (χ0n) is 11.5. The van der Waals surface area contributed by atoms with Crippen LogP contribution < -0.4 is 10.1 Å². The van der Waals surface area contributed by atoms with Gasteiger partial charge in [-0.25, -0.2) is 0 Å². The minimum Gasteiger partial charge on any atom is -0.417 e. The molecule has 1 N–H and O–H groups in total. The van der Waals surface area contributed by atoms with Gasteiger partial charge in [-0.05, 0) is 32.9 Å². The highest BCUT2D eigenvalue weighted by atomic mass is 35.5. The van der Waals surface area contributed by atoms with Crippen molar-refractivity contribution in [2.75, 3.05) is 0 Å². The Morgan fingerprint density at radius 3 is 2.75 bits per heavy atom. The Morgan fingerprint density at radius 1 is 1.30 bits per heavy atom. The van der Waals surface area contributed by atoms with Crippen LogP contribution in [-0.2, 0) is 6.54 Å². The highest BCUT2D eigenvalue weighted by molar-refractivity contribution is 6.42. The molecule has 0 atom stereocenters. The minimum atomic E-state index is 0.0102. The van der Waals surface area contributed by atoms with E-state index in [0.717, 1.165) is 5.69 Å². The molecule has 1 aromatic carbocycles. The van der Waals surface area contributed by atoms with Crippen LogP contribution in [0.2, 0.25) is 10.0 Å². The van der Waals surface area contributed by atoms with E-state index in [1.165, 1.54) is 0 Å². The van der Waals surface area contributed by atoms with Crippen LogP contribution in [0.4, 0.5) is 0 Å². The average molecular weight is 315 g/mol. The fourth-order valence-electron chi connectivity index (χ4n) is 1.43. The van der Waals surface area contributed by atoms with Crippen LogP contribution in [0.3, 0.4) is 0 Å². The lowest BCUT2D eigenvalue weighted by Gasteiger charge is -2.19. The van der Waals surface area contributed by atoms with Crippen LogP contribution in [0.5, 0.6) is 11.8 Å². The number of hydrogen-bond acceptors (Lipinski definition) is 4. The molecule has 0 aliphatic heterocycles. The fourth-order valence-corrected chi connectivity index (χ4v) is 1.76. The zero-order valence-corrected chi connectivity index (χ0v) is 13.0. The Balaban J connectivity index is 2.04. The van der Waals surface area contributed by atoms with Crippen molar-refractivity contribution in [2.24, 2.45) is 0 Å². The lowest BCUT2D eigenvalue weighted by Crippen LogP contribution is -2.35. The fraction of sp³-hybridized carbons (Fsp3) is 0.357. The number of aromatic nitrogens is 1. The van der Waals surface area contributed by atoms with Crippen LogP contribution in [-0.4, -0.2) is 10.5 Å². The van der Waals surface area contributed by atoms with Crippen molar-refractivity contribution >= 4 is 23.2 Å². The maximum Gasteiger partial charge on any atom is 0.399 e. The van der Waals surface area contributed by atoms with E-state index in [1.807, 2.05) is 0 Å². The third kappa shape index (κ3) is 4.13. The molecule has 1 aromatic heterocycles. The molecule has 0 spiro atoms. The summed E-state index contributed by atoms with van der Waals surface area (Å²) in [6, 6.07) is 5.13. The number of nitrogens with zero attached hydrogens (tertiary/aromatic N) is 1. The summed E-state index contributed by atoms with van der Waals surface area (Å²) in [5.41, 5.74) is 0.768. The number of oxazole rings is 1. The number of hydrogen-bond donors (Lipinski definition) is 1. The topological polar surface area (TPSA) is 47.3 Å². The summed E-state index contributed by atoms with van der Waals surface area (Å²) in [7, 11) is 0. The monoisotopic (exact) mass is 314 g/mol. The second kappa shape index (κ2) is 6.04. The van der Waals surface area contributed by atoms with Crippen molar-refractivity contribution in [1.29, 1.82) is 0 Å². The smallest absolute Gasteiger partial charge is 0.399 e. The molecule has 108 valence electrons. The van der Waals surface area contributed by atoms with E-state index in [0.29, 0.717) is 22.3 Å². The van der Waals surface area contributed by atoms with E-state index >= 15 is 0 Å². The van der Waals surface area contributed by atoms with Crippen LogP contribution in [0.25, 0.3) is 0 Å². The molecule has 1 heterocycles. The molecule has 4 nitrogen and oxygen atoms in total. The number of benzene rings is 1. The van der Waals surface area contributed by atoms with Crippen LogP contribution in [0.1, 0.15) is 26.5 Å². The van der Waals surface area contributed by atoms with Crippen molar-refractivity contribution in [3.8, 4) is 11.8 Å². The van der Waals surface area contributed by atoms with Gasteiger partial charge in [0.25, 0.3) is 0 Å². The Labute approximate surface area is 128 Å². The van der Waals surface area contributed by atoms with Gasteiger partial charge >= 0.3 is 6.08 Å². The normalized spacial score (nSPS) is 11.7. The van der Waals surface area contributed by atoms with E-state index in [4.69, 9.17) is 32.4 Å². The van der Waals surface area contributed by atoms with E-state index < -0.39 is 0 Å². The van der Waals surface area contributed by atoms with Gasteiger partial charge in [-0.2, -0.15) is 4.98 Å². The molecule has 0 saturated heterocycles. The Bertz CT molecular complexity index is 591. The van der Waals surface area contributed by atoms with Gasteiger partial charge in [-0.15, -0.1) is 0 Å². The first-order valence-electron chi connectivity index (χ1n) is 6.16. The molecule has 20 heavy (non-hydrogen) atoms. The quantitative estimate of drug-likeness (QED) is 0.891. The van der Waals surface area contributed by atoms with Crippen LogP contribution in [0.15, 0.2) is 28.9 Å². The summed E-state index contributed by atoms with van der Waals surface area (Å²) < 4.78 is 10.7. The number of halogens is 2. The second-order valence-electron chi connectivity index (χ2n) is 5.36. The van der Waals surface area contributed by atoms with Crippen LogP contribution >= 0.6 is 23.2 Å². The van der Waals surface area contributed by atoms with Crippen molar-refractivity contribution < 1.29 is 9.15 Å². The highest BCUT2D eigenvalue weighted by Gasteiger charge is 2.13. The first-order valence-corrected chi connectivity index (χ1v) is 6.92. The number of rotatable bonds is 4. The molecule has 0 unspecified atom stereocenters. The molecular formula is C14H16Cl2N2O2. The Morgan fingerprint density at radius 2 is 2.05 bits per heavy atom. The summed E-state index contributed by atoms with van der Waals surface area (Å²) >= 11 is 11.9. The van der Waals surface area contributed by atoms with Crippen molar-refractivity contribution in [3.63, 3.8) is 0 Å². The summed E-state index contributed by atoms with van der Waals surface area (Å²) in [4.78, 5) is 4.23. The molecule has 0 aliphatic carbocycles. The molecular weight excluding hydrogens is 299 g/mol. The van der Waals surface area contributed by atoms with Gasteiger partial charge in [0.1, 0.15) is 11.3 Å². The van der Waals surface area contributed by atoms with E-state index in [-0.39, 0.29) is 11.6 Å². The average Bonchev–Trinajstić information content (AvgIpc) is 2.80. The number of nitrogens with one attached hydrogen (secondary N) is 1. The van der Waals surface area contributed by atoms with Crippen molar-refractivity contribution in [3.05, 3.63) is 40.2 Å². The molecule has 0 bridgehead atoms. The summed E-state index contributed by atoms with van der Waals surface area (Å²) in [6.07, 6.45) is 1.69. The molecule has 0 saturated carbocycles. The second-order valence-corrected chi connectivity index (χ2v) is 6.15. The van der Waals surface area contributed by atoms with Gasteiger partial charge < -0.3 is 14.5 Å². The molecule has 0 aliphatic rings. The third-order valence-corrected chi connectivity index (χ3v) is 3.25. The maximum atomic E-state index is 6.03. The maximum absolute atomic E-state index is 6.03. The lowest BCUT2D eigenvalue weighted by atomic mass is 10.1. The van der Waals surface area contributed by atoms with Gasteiger partial charge in [0.2, 0.25) is 0 Å². The summed E-state index contributed by atoms with van der Waals surface area (Å²) in [5, 5.41) is 4.07. The molecule has 0 amide bonds. The molecule has 0 fully saturated rings. The predicted octanol–water partition coefficient (Wildman–Crippen LogP) is 4.66. The van der Waals surface area contributed by atoms with Crippen molar-refractivity contribution in [2.45, 2.75) is 32.9 Å². The van der Waals surface area contributed by atoms with Gasteiger partial charge in [0, 0.05) is 12.1 Å². The van der Waals surface area contributed by atoms with Crippen molar-refractivity contribution in [1.82, 2.24) is 10.3 Å². The van der Waals surface area contributed by atoms with Gasteiger partial charge in [0.05, 0.1) is 10.7 Å². The Hall–Kier alpha value is -1.23. The molecule has 0 radical (unpaired) electrons. The van der Waals surface area contributed by atoms with Crippen LogP contribution in [0, 0.1) is 0 Å². The van der Waals surface area contributed by atoms with Gasteiger partial charge in [-0.3, -0.25) is 0 Å². The molecule has 2 rings (SSSR count). The largest absolute Gasteiger partial charge is 0.417 e. The summed E-state index contributed by atoms with van der Waals surface area (Å²) in [5.74, 6) is 0.413. The molecule has 6 heteroatoms. The zero-order chi connectivity index (χ0) is 14.8. The van der Waals surface area contributed by atoms with E-state index in [1.54, 1.807) is 24.5 Å². The summed E-state index contributed by atoms with van der Waals surface area (Å²) in [6.45, 7) is 6.84. The molecule has 2 aromatic rings.